The summed E-state index contributed by atoms with van der Waals surface area (Å²) < 4.78 is 7.75. The van der Waals surface area contributed by atoms with E-state index in [1.165, 1.54) is 24.2 Å². The Labute approximate surface area is 118 Å². The van der Waals surface area contributed by atoms with Crippen LogP contribution in [0.25, 0.3) is 0 Å². The average Bonchev–Trinajstić information content (AvgIpc) is 2.86. The van der Waals surface area contributed by atoms with Crippen molar-refractivity contribution in [2.45, 2.75) is 39.2 Å². The number of hydrogen-bond acceptors (Lipinski definition) is 4. The predicted molar refractivity (Wildman–Crippen MR) is 77.8 cm³/mol. The van der Waals surface area contributed by atoms with Gasteiger partial charge in [-0.25, -0.2) is 4.68 Å². The van der Waals surface area contributed by atoms with Crippen molar-refractivity contribution in [2.24, 2.45) is 0 Å². The SMILES string of the molecule is Cc1cc(OCCn2nnc3c2CCCC3)ccc1N. The summed E-state index contributed by atoms with van der Waals surface area (Å²) in [6.45, 7) is 3.32. The number of aromatic nitrogens is 3. The number of benzene rings is 1. The summed E-state index contributed by atoms with van der Waals surface area (Å²) in [5.41, 5.74) is 10.1. The Balaban J connectivity index is 1.60. The molecule has 20 heavy (non-hydrogen) atoms. The van der Waals surface area contributed by atoms with Crippen molar-refractivity contribution in [1.29, 1.82) is 0 Å². The van der Waals surface area contributed by atoms with E-state index in [4.69, 9.17) is 10.5 Å². The number of anilines is 1. The van der Waals surface area contributed by atoms with E-state index < -0.39 is 0 Å². The maximum absolute atomic E-state index is 5.79. The number of hydrogen-bond donors (Lipinski definition) is 1. The third kappa shape index (κ3) is 2.61. The van der Waals surface area contributed by atoms with Crippen LogP contribution in [0.5, 0.6) is 5.75 Å². The van der Waals surface area contributed by atoms with Gasteiger partial charge in [0.25, 0.3) is 0 Å². The summed E-state index contributed by atoms with van der Waals surface area (Å²) >= 11 is 0. The van der Waals surface area contributed by atoms with E-state index in [9.17, 15) is 0 Å². The lowest BCUT2D eigenvalue weighted by Gasteiger charge is -2.13. The maximum atomic E-state index is 5.79. The standard InChI is InChI=1S/C15H20N4O/c1-11-10-12(6-7-13(11)16)20-9-8-19-15-5-3-2-4-14(15)17-18-19/h6-7,10H,2-5,8-9,16H2,1H3. The second-order valence-corrected chi connectivity index (χ2v) is 5.28. The first kappa shape index (κ1) is 13.0. The van der Waals surface area contributed by atoms with Crippen molar-refractivity contribution in [2.75, 3.05) is 12.3 Å². The Hall–Kier alpha value is -2.04. The number of ether oxygens (including phenoxy) is 1. The van der Waals surface area contributed by atoms with Crippen LogP contribution in [0.15, 0.2) is 18.2 Å². The van der Waals surface area contributed by atoms with Gasteiger partial charge in [-0.3, -0.25) is 0 Å². The molecular formula is C15H20N4O. The van der Waals surface area contributed by atoms with Gasteiger partial charge in [-0.05, 0) is 56.4 Å². The van der Waals surface area contributed by atoms with Crippen molar-refractivity contribution in [3.8, 4) is 5.75 Å². The Bertz CT molecular complexity index is 606. The number of aryl methyl sites for hydroxylation is 2. The Morgan fingerprint density at radius 3 is 3.00 bits per heavy atom. The summed E-state index contributed by atoms with van der Waals surface area (Å²) in [6.07, 6.45) is 4.61. The fourth-order valence-corrected chi connectivity index (χ4v) is 2.59. The molecule has 1 aliphatic carbocycles. The minimum atomic E-state index is 0.596. The van der Waals surface area contributed by atoms with E-state index in [2.05, 4.69) is 10.3 Å². The van der Waals surface area contributed by atoms with Gasteiger partial charge < -0.3 is 10.5 Å². The molecule has 2 aromatic rings. The molecule has 0 radical (unpaired) electrons. The first-order valence-corrected chi connectivity index (χ1v) is 7.14. The molecule has 1 aromatic heterocycles. The summed E-state index contributed by atoms with van der Waals surface area (Å²) in [5.74, 6) is 0.852. The number of rotatable bonds is 4. The minimum absolute atomic E-state index is 0.596. The highest BCUT2D eigenvalue weighted by molar-refractivity contribution is 5.49. The molecule has 0 aliphatic heterocycles. The first-order valence-electron chi connectivity index (χ1n) is 7.14. The number of nitrogens with zero attached hydrogens (tertiary/aromatic N) is 3. The van der Waals surface area contributed by atoms with E-state index in [0.29, 0.717) is 6.61 Å². The van der Waals surface area contributed by atoms with Crippen molar-refractivity contribution in [3.63, 3.8) is 0 Å². The molecule has 0 fully saturated rings. The Morgan fingerprint density at radius 1 is 1.30 bits per heavy atom. The Kier molecular flexibility index (Phi) is 3.58. The molecule has 0 unspecified atom stereocenters. The van der Waals surface area contributed by atoms with Gasteiger partial charge in [-0.1, -0.05) is 5.21 Å². The zero-order valence-electron chi connectivity index (χ0n) is 11.8. The molecule has 0 saturated heterocycles. The van der Waals surface area contributed by atoms with Crippen LogP contribution in [0.4, 0.5) is 5.69 Å². The van der Waals surface area contributed by atoms with Crippen molar-refractivity contribution in [3.05, 3.63) is 35.2 Å². The van der Waals surface area contributed by atoms with E-state index in [1.54, 1.807) is 0 Å². The zero-order chi connectivity index (χ0) is 13.9. The molecule has 5 heteroatoms. The van der Waals surface area contributed by atoms with Gasteiger partial charge in [-0.15, -0.1) is 5.10 Å². The maximum Gasteiger partial charge on any atom is 0.119 e. The number of fused-ring (bicyclic) bond motifs is 1. The highest BCUT2D eigenvalue weighted by Crippen LogP contribution is 2.20. The molecule has 1 aliphatic rings. The monoisotopic (exact) mass is 272 g/mol. The third-order valence-electron chi connectivity index (χ3n) is 3.81. The van der Waals surface area contributed by atoms with Crippen molar-refractivity contribution < 1.29 is 4.74 Å². The molecule has 1 heterocycles. The van der Waals surface area contributed by atoms with E-state index >= 15 is 0 Å². The summed E-state index contributed by atoms with van der Waals surface area (Å²) in [6, 6.07) is 5.74. The Morgan fingerprint density at radius 2 is 2.15 bits per heavy atom. The minimum Gasteiger partial charge on any atom is -0.492 e. The van der Waals surface area contributed by atoms with Crippen LogP contribution in [0.2, 0.25) is 0 Å². The molecule has 106 valence electrons. The fraction of sp³-hybridized carbons (Fsp3) is 0.467. The normalized spacial score (nSPS) is 14.1. The molecule has 0 atom stereocenters. The molecular weight excluding hydrogens is 252 g/mol. The van der Waals surface area contributed by atoms with Crippen LogP contribution in [0.1, 0.15) is 29.8 Å². The van der Waals surface area contributed by atoms with Crippen LogP contribution in [0, 0.1) is 6.92 Å². The zero-order valence-corrected chi connectivity index (χ0v) is 11.8. The summed E-state index contributed by atoms with van der Waals surface area (Å²) in [5, 5.41) is 8.48. The predicted octanol–water partition coefficient (Wildman–Crippen LogP) is 2.13. The van der Waals surface area contributed by atoms with Gasteiger partial charge in [0, 0.05) is 5.69 Å². The largest absolute Gasteiger partial charge is 0.492 e. The molecule has 5 nitrogen and oxygen atoms in total. The van der Waals surface area contributed by atoms with Crippen molar-refractivity contribution in [1.82, 2.24) is 15.0 Å². The van der Waals surface area contributed by atoms with Gasteiger partial charge >= 0.3 is 0 Å². The molecule has 0 saturated carbocycles. The second kappa shape index (κ2) is 5.53. The lowest BCUT2D eigenvalue weighted by Crippen LogP contribution is -2.14. The lowest BCUT2D eigenvalue weighted by atomic mass is 10.0. The molecule has 2 N–H and O–H groups in total. The van der Waals surface area contributed by atoms with Gasteiger partial charge in [0.1, 0.15) is 12.4 Å². The van der Waals surface area contributed by atoms with Gasteiger partial charge in [-0.2, -0.15) is 0 Å². The van der Waals surface area contributed by atoms with Crippen molar-refractivity contribution >= 4 is 5.69 Å². The quantitative estimate of drug-likeness (QED) is 0.866. The molecule has 0 bridgehead atoms. The smallest absolute Gasteiger partial charge is 0.119 e. The second-order valence-electron chi connectivity index (χ2n) is 5.28. The fourth-order valence-electron chi connectivity index (χ4n) is 2.59. The van der Waals surface area contributed by atoms with E-state index in [-0.39, 0.29) is 0 Å². The third-order valence-corrected chi connectivity index (χ3v) is 3.81. The van der Waals surface area contributed by atoms with Gasteiger partial charge in [0.2, 0.25) is 0 Å². The van der Waals surface area contributed by atoms with E-state index in [0.717, 1.165) is 36.4 Å². The number of nitrogens with two attached hydrogens (primary N) is 1. The van der Waals surface area contributed by atoms with Crippen LogP contribution >= 0.6 is 0 Å². The topological polar surface area (TPSA) is 66.0 Å². The molecule has 0 amide bonds. The average molecular weight is 272 g/mol. The van der Waals surface area contributed by atoms with Crippen LogP contribution in [0.3, 0.4) is 0 Å². The van der Waals surface area contributed by atoms with Crippen LogP contribution in [-0.2, 0) is 19.4 Å². The molecule has 1 aromatic carbocycles. The highest BCUT2D eigenvalue weighted by atomic mass is 16.5. The lowest BCUT2D eigenvalue weighted by molar-refractivity contribution is 0.287. The summed E-state index contributed by atoms with van der Waals surface area (Å²) in [7, 11) is 0. The first-order chi connectivity index (χ1) is 9.74. The van der Waals surface area contributed by atoms with Crippen LogP contribution in [-0.4, -0.2) is 21.6 Å². The summed E-state index contributed by atoms with van der Waals surface area (Å²) in [4.78, 5) is 0. The van der Waals surface area contributed by atoms with E-state index in [1.807, 2.05) is 29.8 Å². The molecule has 0 spiro atoms. The van der Waals surface area contributed by atoms with Gasteiger partial charge in [0.05, 0.1) is 17.9 Å². The highest BCUT2D eigenvalue weighted by Gasteiger charge is 2.16. The number of nitrogen functional groups attached to an aromatic ring is 1. The molecule has 3 rings (SSSR count). The van der Waals surface area contributed by atoms with Crippen LogP contribution < -0.4 is 10.5 Å². The van der Waals surface area contributed by atoms with Gasteiger partial charge in [0.15, 0.2) is 0 Å².